The van der Waals surface area contributed by atoms with Gasteiger partial charge in [-0.1, -0.05) is 41.6 Å². The molecule has 0 aliphatic rings. The van der Waals surface area contributed by atoms with Crippen molar-refractivity contribution in [3.63, 3.8) is 0 Å². The number of benzene rings is 2. The van der Waals surface area contributed by atoms with E-state index in [0.717, 1.165) is 16.9 Å². The van der Waals surface area contributed by atoms with E-state index in [4.69, 9.17) is 9.72 Å². The van der Waals surface area contributed by atoms with Crippen LogP contribution in [0, 0.1) is 6.92 Å². The molecule has 1 N–H and O–H groups in total. The van der Waals surface area contributed by atoms with Gasteiger partial charge < -0.3 is 10.1 Å². The highest BCUT2D eigenvalue weighted by Crippen LogP contribution is 2.32. The Hall–Kier alpha value is -3.10. The van der Waals surface area contributed by atoms with Gasteiger partial charge in [-0.2, -0.15) is 0 Å². The number of fused-ring (bicyclic) bond motifs is 1. The standard InChI is InChI=1S/C24H23N3O3S2/c1-4-27-23(29)22-21(19(13-31-22)16-7-5-15(2)6-8-16)26-24(27)32-14-20(28)25-17-9-11-18(30-3)12-10-17/h5-13H,4,14H2,1-3H3,(H,25,28). The number of aromatic nitrogens is 2. The summed E-state index contributed by atoms with van der Waals surface area (Å²) in [6.45, 7) is 4.44. The number of thioether (sulfide) groups is 1. The summed E-state index contributed by atoms with van der Waals surface area (Å²) in [6, 6.07) is 15.3. The highest BCUT2D eigenvalue weighted by molar-refractivity contribution is 7.99. The molecule has 0 radical (unpaired) electrons. The molecule has 0 bridgehead atoms. The maximum Gasteiger partial charge on any atom is 0.272 e. The van der Waals surface area contributed by atoms with E-state index < -0.39 is 0 Å². The third-order valence-corrected chi connectivity index (χ3v) is 6.96. The molecule has 1 amide bonds. The van der Waals surface area contributed by atoms with E-state index in [1.165, 1.54) is 28.7 Å². The highest BCUT2D eigenvalue weighted by atomic mass is 32.2. The average Bonchev–Trinajstić information content (AvgIpc) is 3.23. The molecular weight excluding hydrogens is 442 g/mol. The van der Waals surface area contributed by atoms with E-state index >= 15 is 0 Å². The Bertz CT molecular complexity index is 1310. The summed E-state index contributed by atoms with van der Waals surface area (Å²) < 4.78 is 7.40. The Morgan fingerprint density at radius 2 is 1.88 bits per heavy atom. The normalized spacial score (nSPS) is 11.0. The lowest BCUT2D eigenvalue weighted by molar-refractivity contribution is -0.113. The zero-order valence-electron chi connectivity index (χ0n) is 18.0. The van der Waals surface area contributed by atoms with E-state index in [1.54, 1.807) is 35.9 Å². The van der Waals surface area contributed by atoms with Crippen molar-refractivity contribution >= 4 is 44.9 Å². The van der Waals surface area contributed by atoms with E-state index in [9.17, 15) is 9.59 Å². The number of carbonyl (C=O) groups excluding carboxylic acids is 1. The van der Waals surface area contributed by atoms with Gasteiger partial charge in [-0.3, -0.25) is 14.2 Å². The Balaban J connectivity index is 1.59. The Morgan fingerprint density at radius 1 is 1.16 bits per heavy atom. The molecule has 4 rings (SSSR count). The topological polar surface area (TPSA) is 73.2 Å². The largest absolute Gasteiger partial charge is 0.497 e. The van der Waals surface area contributed by atoms with Crippen molar-refractivity contribution in [2.75, 3.05) is 18.2 Å². The molecular formula is C24H23N3O3S2. The van der Waals surface area contributed by atoms with Crippen LogP contribution in [0.4, 0.5) is 5.69 Å². The second kappa shape index (κ2) is 9.58. The summed E-state index contributed by atoms with van der Waals surface area (Å²) in [4.78, 5) is 30.4. The average molecular weight is 466 g/mol. The van der Waals surface area contributed by atoms with Gasteiger partial charge in [0, 0.05) is 23.2 Å². The number of anilines is 1. The minimum atomic E-state index is -0.166. The molecule has 8 heteroatoms. The number of nitrogens with zero attached hydrogens (tertiary/aromatic N) is 2. The van der Waals surface area contributed by atoms with Crippen LogP contribution in [-0.2, 0) is 11.3 Å². The van der Waals surface area contributed by atoms with Crippen molar-refractivity contribution in [1.29, 1.82) is 0 Å². The lowest BCUT2D eigenvalue weighted by Gasteiger charge is -2.11. The molecule has 2 aromatic carbocycles. The van der Waals surface area contributed by atoms with Gasteiger partial charge in [-0.05, 0) is 43.7 Å². The molecule has 0 unspecified atom stereocenters. The molecule has 2 heterocycles. The van der Waals surface area contributed by atoms with Gasteiger partial charge >= 0.3 is 0 Å². The van der Waals surface area contributed by atoms with Crippen LogP contribution in [0.1, 0.15) is 12.5 Å². The van der Waals surface area contributed by atoms with Crippen LogP contribution >= 0.6 is 23.1 Å². The van der Waals surface area contributed by atoms with E-state index in [0.29, 0.717) is 27.6 Å². The smallest absolute Gasteiger partial charge is 0.272 e. The Labute approximate surface area is 194 Å². The molecule has 6 nitrogen and oxygen atoms in total. The van der Waals surface area contributed by atoms with Crippen molar-refractivity contribution in [1.82, 2.24) is 9.55 Å². The summed E-state index contributed by atoms with van der Waals surface area (Å²) in [5, 5.41) is 5.39. The maximum absolute atomic E-state index is 13.1. The summed E-state index contributed by atoms with van der Waals surface area (Å²) in [5.41, 5.74) is 4.44. The second-order valence-corrected chi connectivity index (χ2v) is 9.02. The molecule has 0 spiro atoms. The first-order valence-corrected chi connectivity index (χ1v) is 12.0. The molecule has 0 fully saturated rings. The fourth-order valence-electron chi connectivity index (χ4n) is 3.31. The van der Waals surface area contributed by atoms with Gasteiger partial charge in [0.15, 0.2) is 5.16 Å². The van der Waals surface area contributed by atoms with Crippen LogP contribution in [0.2, 0.25) is 0 Å². The zero-order chi connectivity index (χ0) is 22.7. The first-order valence-electron chi connectivity index (χ1n) is 10.2. The minimum absolute atomic E-state index is 0.0704. The van der Waals surface area contributed by atoms with E-state index in [2.05, 4.69) is 5.32 Å². The van der Waals surface area contributed by atoms with Gasteiger partial charge in [0.05, 0.1) is 18.4 Å². The van der Waals surface area contributed by atoms with Gasteiger partial charge in [0.25, 0.3) is 5.56 Å². The number of hydrogen-bond donors (Lipinski definition) is 1. The fraction of sp³-hybridized carbons (Fsp3) is 0.208. The van der Waals surface area contributed by atoms with Gasteiger partial charge in [0.2, 0.25) is 5.91 Å². The summed E-state index contributed by atoms with van der Waals surface area (Å²) in [7, 11) is 1.60. The lowest BCUT2D eigenvalue weighted by Crippen LogP contribution is -2.22. The van der Waals surface area contributed by atoms with Crippen LogP contribution in [0.25, 0.3) is 21.3 Å². The van der Waals surface area contributed by atoms with Crippen LogP contribution in [-0.4, -0.2) is 28.3 Å². The zero-order valence-corrected chi connectivity index (χ0v) is 19.7. The monoisotopic (exact) mass is 465 g/mol. The minimum Gasteiger partial charge on any atom is -0.497 e. The number of methoxy groups -OCH3 is 1. The maximum atomic E-state index is 13.1. The number of nitrogens with one attached hydrogen (secondary N) is 1. The van der Waals surface area contributed by atoms with Crippen LogP contribution in [0.5, 0.6) is 5.75 Å². The van der Waals surface area contributed by atoms with Gasteiger partial charge in [-0.15, -0.1) is 11.3 Å². The van der Waals surface area contributed by atoms with Crippen LogP contribution < -0.4 is 15.6 Å². The Kier molecular flexibility index (Phi) is 6.62. The van der Waals surface area contributed by atoms with E-state index in [-0.39, 0.29) is 17.2 Å². The first-order chi connectivity index (χ1) is 15.5. The quantitative estimate of drug-likeness (QED) is 0.300. The SMILES string of the molecule is CCn1c(SCC(=O)Nc2ccc(OC)cc2)nc2c(-c3ccc(C)cc3)csc2c1=O. The molecule has 0 saturated carbocycles. The number of hydrogen-bond acceptors (Lipinski definition) is 6. The summed E-state index contributed by atoms with van der Waals surface area (Å²) in [5.74, 6) is 0.705. The molecule has 0 atom stereocenters. The number of thiophene rings is 1. The lowest BCUT2D eigenvalue weighted by atomic mass is 10.1. The van der Waals surface area contributed by atoms with Crippen LogP contribution in [0.15, 0.2) is 63.9 Å². The van der Waals surface area contributed by atoms with Crippen molar-refractivity contribution in [3.05, 3.63) is 69.8 Å². The molecule has 2 aromatic heterocycles. The third-order valence-electron chi connectivity index (χ3n) is 5.03. The number of aryl methyl sites for hydroxylation is 1. The molecule has 32 heavy (non-hydrogen) atoms. The molecule has 0 aliphatic carbocycles. The number of rotatable bonds is 7. The molecule has 0 aliphatic heterocycles. The third kappa shape index (κ3) is 4.56. The number of amides is 1. The molecule has 0 saturated heterocycles. The Morgan fingerprint density at radius 3 is 2.53 bits per heavy atom. The van der Waals surface area contributed by atoms with Crippen molar-refractivity contribution in [2.45, 2.75) is 25.5 Å². The first kappa shape index (κ1) is 22.1. The molecule has 164 valence electrons. The van der Waals surface area contributed by atoms with E-state index in [1.807, 2.05) is 43.5 Å². The second-order valence-electron chi connectivity index (χ2n) is 7.20. The highest BCUT2D eigenvalue weighted by Gasteiger charge is 2.17. The summed E-state index contributed by atoms with van der Waals surface area (Å²) >= 11 is 2.68. The van der Waals surface area contributed by atoms with Gasteiger partial charge in [-0.25, -0.2) is 4.98 Å². The van der Waals surface area contributed by atoms with Crippen molar-refractivity contribution in [2.24, 2.45) is 0 Å². The predicted octanol–water partition coefficient (Wildman–Crippen LogP) is 5.19. The molecule has 4 aromatic rings. The summed E-state index contributed by atoms with van der Waals surface area (Å²) in [6.07, 6.45) is 0. The van der Waals surface area contributed by atoms with Gasteiger partial charge in [0.1, 0.15) is 10.4 Å². The van der Waals surface area contributed by atoms with Crippen molar-refractivity contribution in [3.8, 4) is 16.9 Å². The fourth-order valence-corrected chi connectivity index (χ4v) is 5.13. The van der Waals surface area contributed by atoms with Crippen LogP contribution in [0.3, 0.4) is 0 Å². The van der Waals surface area contributed by atoms with Crippen molar-refractivity contribution < 1.29 is 9.53 Å². The number of ether oxygens (including phenoxy) is 1. The predicted molar refractivity (Wildman–Crippen MR) is 132 cm³/mol. The number of carbonyl (C=O) groups is 1.